The molecule has 168 valence electrons. The number of nitrogens with zero attached hydrogens (tertiary/aromatic N) is 4. The van der Waals surface area contributed by atoms with Crippen molar-refractivity contribution in [2.45, 2.75) is 13.3 Å². The first-order valence-electron chi connectivity index (χ1n) is 10.3. The summed E-state index contributed by atoms with van der Waals surface area (Å²) in [5.74, 6) is -0.215. The fourth-order valence-electron chi connectivity index (χ4n) is 3.18. The van der Waals surface area contributed by atoms with Crippen LogP contribution >= 0.6 is 0 Å². The summed E-state index contributed by atoms with van der Waals surface area (Å²) in [6.07, 6.45) is 3.61. The number of aliphatic carboxylic acids is 1. The third kappa shape index (κ3) is 6.42. The molecule has 2 aromatic carbocycles. The summed E-state index contributed by atoms with van der Waals surface area (Å²) in [5, 5.41) is 17.6. The Balaban J connectivity index is 1.59. The highest BCUT2D eigenvalue weighted by molar-refractivity contribution is 6.01. The summed E-state index contributed by atoms with van der Waals surface area (Å²) in [5.41, 5.74) is 4.30. The van der Waals surface area contributed by atoms with E-state index in [-0.39, 0.29) is 13.0 Å². The molecule has 0 unspecified atom stereocenters. The van der Waals surface area contributed by atoms with Crippen LogP contribution in [0, 0.1) is 6.92 Å². The van der Waals surface area contributed by atoms with Crippen LogP contribution in [0.15, 0.2) is 66.1 Å². The van der Waals surface area contributed by atoms with Crippen molar-refractivity contribution < 1.29 is 19.5 Å². The van der Waals surface area contributed by atoms with Crippen molar-refractivity contribution in [3.63, 3.8) is 0 Å². The maximum absolute atomic E-state index is 11.0. The first-order valence-corrected chi connectivity index (χ1v) is 10.3. The molecule has 8 heteroatoms. The lowest BCUT2D eigenvalue weighted by Gasteiger charge is -2.14. The van der Waals surface area contributed by atoms with Crippen molar-refractivity contribution in [2.75, 3.05) is 33.9 Å². The number of carboxylic acid groups (broad SMARTS) is 1. The molecule has 0 aliphatic carbocycles. The third-order valence-electron chi connectivity index (χ3n) is 4.78. The second-order valence-electron chi connectivity index (χ2n) is 7.57. The smallest absolute Gasteiger partial charge is 0.307 e. The molecule has 0 atom stereocenters. The third-order valence-corrected chi connectivity index (χ3v) is 4.78. The summed E-state index contributed by atoms with van der Waals surface area (Å²) in [6, 6.07) is 15.3. The van der Waals surface area contributed by atoms with E-state index >= 15 is 0 Å². The monoisotopic (exact) mass is 436 g/mol. The number of rotatable bonds is 11. The van der Waals surface area contributed by atoms with E-state index in [0.717, 1.165) is 28.1 Å². The molecule has 0 fully saturated rings. The minimum Gasteiger partial charge on any atom is -0.490 e. The lowest BCUT2D eigenvalue weighted by molar-refractivity contribution is -0.136. The van der Waals surface area contributed by atoms with Gasteiger partial charge < -0.3 is 19.6 Å². The quantitative estimate of drug-likeness (QED) is 0.282. The van der Waals surface area contributed by atoms with Gasteiger partial charge in [-0.05, 0) is 56.4 Å². The van der Waals surface area contributed by atoms with Crippen molar-refractivity contribution in [2.24, 2.45) is 5.16 Å². The Morgan fingerprint density at radius 1 is 1.12 bits per heavy atom. The summed E-state index contributed by atoms with van der Waals surface area (Å²) in [6.45, 7) is 3.05. The Bertz CT molecular complexity index is 1040. The van der Waals surface area contributed by atoms with E-state index in [1.807, 2.05) is 68.5 Å². The Kier molecular flexibility index (Phi) is 7.99. The number of carboxylic acids is 1. The second kappa shape index (κ2) is 11.1. The number of hydrogen-bond donors (Lipinski definition) is 1. The molecule has 0 aliphatic rings. The van der Waals surface area contributed by atoms with Gasteiger partial charge in [-0.15, -0.1) is 0 Å². The van der Waals surface area contributed by atoms with Gasteiger partial charge in [0.25, 0.3) is 0 Å². The van der Waals surface area contributed by atoms with Crippen LogP contribution in [0.5, 0.6) is 5.75 Å². The highest BCUT2D eigenvalue weighted by Crippen LogP contribution is 2.21. The van der Waals surface area contributed by atoms with E-state index in [0.29, 0.717) is 18.9 Å². The maximum atomic E-state index is 11.0. The molecule has 0 radical (unpaired) electrons. The molecule has 1 heterocycles. The SMILES string of the molecule is Cc1c(CC(=O)O)cccc1OCCON=C(CN(C)C)c1ccc(-n2cccn2)cc1. The molecule has 1 N–H and O–H groups in total. The number of hydrogen-bond acceptors (Lipinski definition) is 6. The average molecular weight is 437 g/mol. The van der Waals surface area contributed by atoms with E-state index in [1.54, 1.807) is 23.0 Å². The van der Waals surface area contributed by atoms with Gasteiger partial charge in [0.2, 0.25) is 0 Å². The number of aromatic nitrogens is 2. The first kappa shape index (κ1) is 23.0. The van der Waals surface area contributed by atoms with Crippen molar-refractivity contribution in [3.05, 3.63) is 77.6 Å². The Morgan fingerprint density at radius 2 is 1.91 bits per heavy atom. The predicted octanol–water partition coefficient (Wildman–Crippen LogP) is 3.17. The highest BCUT2D eigenvalue weighted by atomic mass is 16.6. The van der Waals surface area contributed by atoms with Crippen LogP contribution in [-0.2, 0) is 16.1 Å². The molecule has 3 rings (SSSR count). The second-order valence-corrected chi connectivity index (χ2v) is 7.57. The van der Waals surface area contributed by atoms with E-state index in [1.165, 1.54) is 0 Å². The first-order chi connectivity index (χ1) is 15.4. The normalized spacial score (nSPS) is 11.6. The van der Waals surface area contributed by atoms with Crippen molar-refractivity contribution >= 4 is 11.7 Å². The minimum atomic E-state index is -0.867. The van der Waals surface area contributed by atoms with Crippen LogP contribution in [-0.4, -0.2) is 65.3 Å². The Labute approximate surface area is 187 Å². The van der Waals surface area contributed by atoms with Crippen LogP contribution < -0.4 is 4.74 Å². The molecule has 0 spiro atoms. The number of likely N-dealkylation sites (N-methyl/N-ethyl adjacent to an activating group) is 1. The largest absolute Gasteiger partial charge is 0.490 e. The fourth-order valence-corrected chi connectivity index (χ4v) is 3.18. The summed E-state index contributed by atoms with van der Waals surface area (Å²) >= 11 is 0. The number of carbonyl (C=O) groups is 1. The fraction of sp³-hybridized carbons (Fsp3) is 0.292. The van der Waals surface area contributed by atoms with E-state index in [4.69, 9.17) is 14.7 Å². The molecular formula is C24H28N4O4. The lowest BCUT2D eigenvalue weighted by atomic mass is 10.1. The molecule has 0 saturated heterocycles. The molecule has 1 aromatic heterocycles. The van der Waals surface area contributed by atoms with Gasteiger partial charge in [0, 0.05) is 24.5 Å². The van der Waals surface area contributed by atoms with Gasteiger partial charge in [-0.2, -0.15) is 5.10 Å². The molecule has 0 amide bonds. The maximum Gasteiger partial charge on any atom is 0.307 e. The average Bonchev–Trinajstić information content (AvgIpc) is 3.29. The molecular weight excluding hydrogens is 408 g/mol. The van der Waals surface area contributed by atoms with Crippen LogP contribution in [0.2, 0.25) is 0 Å². The summed E-state index contributed by atoms with van der Waals surface area (Å²) in [7, 11) is 3.95. The standard InChI is InChI=1S/C24H28N4O4/c1-18-20(16-24(29)30)6-4-7-23(18)31-14-15-32-26-22(17-27(2)3)19-8-10-21(11-9-19)28-13-5-12-25-28/h4-13H,14-17H2,1-3H3,(H,29,30). The number of ether oxygens (including phenoxy) is 1. The molecule has 0 saturated carbocycles. The summed E-state index contributed by atoms with van der Waals surface area (Å²) in [4.78, 5) is 18.5. The van der Waals surface area contributed by atoms with Crippen LogP contribution in [0.25, 0.3) is 5.69 Å². The van der Waals surface area contributed by atoms with E-state index in [9.17, 15) is 4.79 Å². The molecule has 0 aliphatic heterocycles. The molecule has 0 bridgehead atoms. The van der Waals surface area contributed by atoms with Crippen LogP contribution in [0.3, 0.4) is 0 Å². The number of benzene rings is 2. The van der Waals surface area contributed by atoms with Gasteiger partial charge >= 0.3 is 5.97 Å². The molecule has 8 nitrogen and oxygen atoms in total. The minimum absolute atomic E-state index is 0.0308. The van der Waals surface area contributed by atoms with Crippen molar-refractivity contribution in [3.8, 4) is 11.4 Å². The van der Waals surface area contributed by atoms with Gasteiger partial charge in [-0.1, -0.05) is 29.4 Å². The van der Waals surface area contributed by atoms with Gasteiger partial charge in [-0.25, -0.2) is 4.68 Å². The predicted molar refractivity (Wildman–Crippen MR) is 123 cm³/mol. The van der Waals surface area contributed by atoms with Crippen molar-refractivity contribution in [1.29, 1.82) is 0 Å². The van der Waals surface area contributed by atoms with Gasteiger partial charge in [0.15, 0.2) is 6.61 Å². The van der Waals surface area contributed by atoms with Gasteiger partial charge in [0.1, 0.15) is 18.1 Å². The topological polar surface area (TPSA) is 89.2 Å². The van der Waals surface area contributed by atoms with Gasteiger partial charge in [0.05, 0.1) is 12.1 Å². The zero-order chi connectivity index (χ0) is 22.9. The lowest BCUT2D eigenvalue weighted by Crippen LogP contribution is -2.23. The zero-order valence-corrected chi connectivity index (χ0v) is 18.6. The zero-order valence-electron chi connectivity index (χ0n) is 18.6. The number of oxime groups is 1. The Morgan fingerprint density at radius 3 is 2.56 bits per heavy atom. The molecule has 32 heavy (non-hydrogen) atoms. The van der Waals surface area contributed by atoms with Crippen LogP contribution in [0.4, 0.5) is 0 Å². The van der Waals surface area contributed by atoms with Crippen molar-refractivity contribution in [1.82, 2.24) is 14.7 Å². The summed E-state index contributed by atoms with van der Waals surface area (Å²) < 4.78 is 7.58. The highest BCUT2D eigenvalue weighted by Gasteiger charge is 2.09. The molecule has 3 aromatic rings. The Hall–Kier alpha value is -3.65. The van der Waals surface area contributed by atoms with Gasteiger partial charge in [-0.3, -0.25) is 4.79 Å². The van der Waals surface area contributed by atoms with E-state index < -0.39 is 5.97 Å². The van der Waals surface area contributed by atoms with E-state index in [2.05, 4.69) is 10.3 Å². The van der Waals surface area contributed by atoms with Crippen LogP contribution in [0.1, 0.15) is 16.7 Å².